The molecule has 0 unspecified atom stereocenters. The number of anilines is 1. The summed E-state index contributed by atoms with van der Waals surface area (Å²) in [6, 6.07) is 12.9. The fraction of sp³-hybridized carbons (Fsp3) is 0.381. The molecule has 2 aromatic rings. The van der Waals surface area contributed by atoms with E-state index in [9.17, 15) is 9.18 Å². The molecule has 1 aliphatic carbocycles. The van der Waals surface area contributed by atoms with Crippen molar-refractivity contribution in [3.8, 4) is 11.5 Å². The summed E-state index contributed by atoms with van der Waals surface area (Å²) >= 11 is 0. The summed E-state index contributed by atoms with van der Waals surface area (Å²) in [6.45, 7) is 0.735. The minimum Gasteiger partial charge on any atom is -0.455 e. The topological polar surface area (TPSA) is 68.8 Å². The van der Waals surface area contributed by atoms with E-state index in [0.717, 1.165) is 25.7 Å². The molecule has 2 N–H and O–H groups in total. The fourth-order valence-electron chi connectivity index (χ4n) is 3.58. The Kier molecular flexibility index (Phi) is 5.45. The van der Waals surface area contributed by atoms with Gasteiger partial charge in [0.25, 0.3) is 0 Å². The van der Waals surface area contributed by atoms with E-state index in [2.05, 4.69) is 10.6 Å². The largest absolute Gasteiger partial charge is 0.455 e. The Hall–Kier alpha value is -2.64. The smallest absolute Gasteiger partial charge is 0.319 e. The third kappa shape index (κ3) is 4.26. The van der Waals surface area contributed by atoms with E-state index in [1.807, 2.05) is 18.2 Å². The first-order chi connectivity index (χ1) is 13.6. The lowest BCUT2D eigenvalue weighted by Crippen LogP contribution is -2.37. The molecule has 1 atom stereocenters. The van der Waals surface area contributed by atoms with Gasteiger partial charge in [-0.05, 0) is 37.1 Å². The average molecular weight is 386 g/mol. The number of ether oxygens (including phenoxy) is 3. The molecule has 1 heterocycles. The van der Waals surface area contributed by atoms with Gasteiger partial charge in [0.05, 0.1) is 6.61 Å². The van der Waals surface area contributed by atoms with Gasteiger partial charge >= 0.3 is 6.03 Å². The van der Waals surface area contributed by atoms with Gasteiger partial charge < -0.3 is 24.8 Å². The average Bonchev–Trinajstić information content (AvgIpc) is 3.33. The standard InChI is InChI=1S/C21H23FN2O4/c22-17-9-6-10-18(27-15-7-2-1-3-8-15)19(17)24-20(25)23-13-16-14-26-21(28-16)11-4-5-12-21/h1-3,6-10,16H,4-5,11-14H2,(H2,23,24,25)/t16-/m0/s1. The lowest BCUT2D eigenvalue weighted by molar-refractivity contribution is -0.160. The van der Waals surface area contributed by atoms with E-state index in [1.165, 1.54) is 12.1 Å². The molecule has 4 rings (SSSR count). The Morgan fingerprint density at radius 1 is 1.14 bits per heavy atom. The number of carbonyl (C=O) groups excluding carboxylic acids is 1. The van der Waals surface area contributed by atoms with Crippen LogP contribution in [0.4, 0.5) is 14.9 Å². The number of nitrogens with one attached hydrogen (secondary N) is 2. The monoisotopic (exact) mass is 386 g/mol. The number of hydrogen-bond acceptors (Lipinski definition) is 4. The van der Waals surface area contributed by atoms with Crippen molar-refractivity contribution in [1.29, 1.82) is 0 Å². The number of benzene rings is 2. The SMILES string of the molecule is O=C(NC[C@H]1COC2(CCCC2)O1)Nc1c(F)cccc1Oc1ccccc1. The maximum Gasteiger partial charge on any atom is 0.319 e. The van der Waals surface area contributed by atoms with Gasteiger partial charge in [-0.1, -0.05) is 24.3 Å². The van der Waals surface area contributed by atoms with Crippen LogP contribution in [0.2, 0.25) is 0 Å². The Bertz CT molecular complexity index is 824. The lowest BCUT2D eigenvalue weighted by Gasteiger charge is -2.22. The molecule has 148 valence electrons. The van der Waals surface area contributed by atoms with Gasteiger partial charge in [0.2, 0.25) is 0 Å². The van der Waals surface area contributed by atoms with Crippen LogP contribution in [0, 0.1) is 5.82 Å². The number of para-hydroxylation sites is 2. The van der Waals surface area contributed by atoms with E-state index in [0.29, 0.717) is 12.4 Å². The van der Waals surface area contributed by atoms with Crippen molar-refractivity contribution >= 4 is 11.7 Å². The number of rotatable bonds is 5. The predicted octanol–water partition coefficient (Wildman–Crippen LogP) is 4.43. The quantitative estimate of drug-likeness (QED) is 0.798. The predicted molar refractivity (Wildman–Crippen MR) is 102 cm³/mol. The number of carbonyl (C=O) groups is 1. The highest BCUT2D eigenvalue weighted by molar-refractivity contribution is 5.91. The molecule has 2 aromatic carbocycles. The van der Waals surface area contributed by atoms with Gasteiger partial charge in [-0.3, -0.25) is 0 Å². The van der Waals surface area contributed by atoms with E-state index in [4.69, 9.17) is 14.2 Å². The van der Waals surface area contributed by atoms with Crippen molar-refractivity contribution in [1.82, 2.24) is 5.32 Å². The summed E-state index contributed by atoms with van der Waals surface area (Å²) in [5.74, 6) is -0.263. The summed E-state index contributed by atoms with van der Waals surface area (Å²) in [5.41, 5.74) is -0.0142. The van der Waals surface area contributed by atoms with Gasteiger partial charge in [0.1, 0.15) is 17.5 Å². The maximum absolute atomic E-state index is 14.3. The fourth-order valence-corrected chi connectivity index (χ4v) is 3.58. The van der Waals surface area contributed by atoms with Gasteiger partial charge in [-0.2, -0.15) is 0 Å². The van der Waals surface area contributed by atoms with Crippen molar-refractivity contribution in [2.75, 3.05) is 18.5 Å². The molecular weight excluding hydrogens is 363 g/mol. The number of halogens is 1. The summed E-state index contributed by atoms with van der Waals surface area (Å²) in [4.78, 5) is 12.3. The summed E-state index contributed by atoms with van der Waals surface area (Å²) in [6.07, 6.45) is 3.77. The third-order valence-electron chi connectivity index (χ3n) is 4.95. The van der Waals surface area contributed by atoms with Crippen molar-refractivity contribution < 1.29 is 23.4 Å². The molecule has 1 spiro atoms. The highest BCUT2D eigenvalue weighted by atomic mass is 19.1. The van der Waals surface area contributed by atoms with Crippen LogP contribution in [0.15, 0.2) is 48.5 Å². The first kappa shape index (κ1) is 18.7. The molecular formula is C21H23FN2O4. The van der Waals surface area contributed by atoms with Crippen molar-refractivity contribution in [3.05, 3.63) is 54.3 Å². The zero-order valence-electron chi connectivity index (χ0n) is 15.4. The summed E-state index contributed by atoms with van der Waals surface area (Å²) in [7, 11) is 0. The molecule has 0 bridgehead atoms. The van der Waals surface area contributed by atoms with Gasteiger partial charge in [0, 0.05) is 19.4 Å². The molecule has 2 aliphatic rings. The maximum atomic E-state index is 14.3. The van der Waals surface area contributed by atoms with E-state index >= 15 is 0 Å². The van der Waals surface area contributed by atoms with Crippen LogP contribution in [0.3, 0.4) is 0 Å². The van der Waals surface area contributed by atoms with E-state index < -0.39 is 17.6 Å². The van der Waals surface area contributed by atoms with Crippen LogP contribution < -0.4 is 15.4 Å². The van der Waals surface area contributed by atoms with Crippen LogP contribution in [-0.4, -0.2) is 31.1 Å². The van der Waals surface area contributed by atoms with E-state index in [-0.39, 0.29) is 24.1 Å². The van der Waals surface area contributed by atoms with Crippen molar-refractivity contribution in [2.45, 2.75) is 37.6 Å². The molecule has 6 nitrogen and oxygen atoms in total. The second kappa shape index (κ2) is 8.16. The molecule has 1 aliphatic heterocycles. The Labute approximate surface area is 163 Å². The summed E-state index contributed by atoms with van der Waals surface area (Å²) < 4.78 is 31.8. The highest BCUT2D eigenvalue weighted by Gasteiger charge is 2.43. The Morgan fingerprint density at radius 3 is 2.71 bits per heavy atom. The number of hydrogen-bond donors (Lipinski definition) is 2. The van der Waals surface area contributed by atoms with Crippen molar-refractivity contribution in [2.24, 2.45) is 0 Å². The van der Waals surface area contributed by atoms with Gasteiger partial charge in [-0.15, -0.1) is 0 Å². The van der Waals surface area contributed by atoms with E-state index in [1.54, 1.807) is 18.2 Å². The molecule has 0 radical (unpaired) electrons. The number of urea groups is 1. The Balaban J connectivity index is 1.35. The molecule has 1 saturated heterocycles. The minimum atomic E-state index is -0.575. The van der Waals surface area contributed by atoms with Crippen LogP contribution in [0.5, 0.6) is 11.5 Å². The van der Waals surface area contributed by atoms with Gasteiger partial charge in [0.15, 0.2) is 17.4 Å². The van der Waals surface area contributed by atoms with Crippen molar-refractivity contribution in [3.63, 3.8) is 0 Å². The molecule has 0 aromatic heterocycles. The molecule has 1 saturated carbocycles. The molecule has 7 heteroatoms. The second-order valence-corrected chi connectivity index (χ2v) is 7.03. The zero-order chi connectivity index (χ0) is 19.4. The van der Waals surface area contributed by atoms with Gasteiger partial charge in [-0.25, -0.2) is 9.18 Å². The van der Waals surface area contributed by atoms with Crippen LogP contribution >= 0.6 is 0 Å². The van der Waals surface area contributed by atoms with Crippen LogP contribution in [-0.2, 0) is 9.47 Å². The molecule has 2 amide bonds. The first-order valence-corrected chi connectivity index (χ1v) is 9.52. The number of amides is 2. The molecule has 2 fully saturated rings. The first-order valence-electron chi connectivity index (χ1n) is 9.52. The van der Waals surface area contributed by atoms with Crippen LogP contribution in [0.1, 0.15) is 25.7 Å². The normalized spacial score (nSPS) is 20.2. The second-order valence-electron chi connectivity index (χ2n) is 7.03. The lowest BCUT2D eigenvalue weighted by atomic mass is 10.2. The minimum absolute atomic E-state index is 0.0142. The summed E-state index contributed by atoms with van der Waals surface area (Å²) in [5, 5.41) is 5.26. The molecule has 28 heavy (non-hydrogen) atoms. The highest BCUT2D eigenvalue weighted by Crippen LogP contribution is 2.39. The Morgan fingerprint density at radius 2 is 1.93 bits per heavy atom. The zero-order valence-corrected chi connectivity index (χ0v) is 15.4. The van der Waals surface area contributed by atoms with Crippen LogP contribution in [0.25, 0.3) is 0 Å². The third-order valence-corrected chi connectivity index (χ3v) is 4.95.